The van der Waals surface area contributed by atoms with E-state index in [1.54, 1.807) is 47.1 Å². The Morgan fingerprint density at radius 1 is 1.27 bits per heavy atom. The maximum atomic E-state index is 12.6. The number of amides is 1. The molecule has 0 bridgehead atoms. The lowest BCUT2D eigenvalue weighted by Crippen LogP contribution is -2.36. The highest BCUT2D eigenvalue weighted by atomic mass is 16.5. The number of hydrogen-bond donors (Lipinski definition) is 0. The van der Waals surface area contributed by atoms with Gasteiger partial charge in [-0.25, -0.2) is 4.98 Å². The molecule has 7 heteroatoms. The Labute approximate surface area is 128 Å². The first-order valence-corrected chi connectivity index (χ1v) is 6.93. The monoisotopic (exact) mass is 305 g/mol. The molecule has 0 spiro atoms. The van der Waals surface area contributed by atoms with Crippen molar-refractivity contribution in [2.75, 3.05) is 33.9 Å². The van der Waals surface area contributed by atoms with Crippen molar-refractivity contribution in [2.45, 2.75) is 6.42 Å². The van der Waals surface area contributed by atoms with Crippen LogP contribution in [-0.2, 0) is 14.3 Å². The summed E-state index contributed by atoms with van der Waals surface area (Å²) in [6.45, 7) is 1.10. The smallest absolute Gasteiger partial charge is 0.307 e. The number of esters is 1. The van der Waals surface area contributed by atoms with E-state index in [1.807, 2.05) is 0 Å². The summed E-state index contributed by atoms with van der Waals surface area (Å²) in [6.07, 6.45) is 5.32. The van der Waals surface area contributed by atoms with Gasteiger partial charge < -0.3 is 18.8 Å². The van der Waals surface area contributed by atoms with Crippen LogP contribution in [0.15, 0.2) is 30.7 Å². The Balaban J connectivity index is 2.13. The molecule has 0 saturated carbocycles. The van der Waals surface area contributed by atoms with E-state index in [1.165, 1.54) is 7.11 Å². The summed E-state index contributed by atoms with van der Waals surface area (Å²) in [7, 11) is 2.90. The molecule has 0 aliphatic carbocycles. The second-order valence-electron chi connectivity index (χ2n) is 4.72. The molecule has 0 saturated heterocycles. The molecule has 0 aliphatic rings. The molecule has 2 rings (SSSR count). The van der Waals surface area contributed by atoms with Gasteiger partial charge in [-0.3, -0.25) is 9.59 Å². The Morgan fingerprint density at radius 3 is 2.82 bits per heavy atom. The van der Waals surface area contributed by atoms with E-state index in [9.17, 15) is 9.59 Å². The van der Waals surface area contributed by atoms with Gasteiger partial charge in [-0.1, -0.05) is 0 Å². The number of rotatable bonds is 7. The molecule has 0 N–H and O–H groups in total. The fraction of sp³-hybridized carbons (Fsp3) is 0.400. The number of nitrogens with zero attached hydrogens (tertiary/aromatic N) is 3. The second-order valence-corrected chi connectivity index (χ2v) is 4.72. The Hall–Kier alpha value is -2.41. The van der Waals surface area contributed by atoms with Crippen LogP contribution >= 0.6 is 0 Å². The Bertz CT molecular complexity index is 653. The Kier molecular flexibility index (Phi) is 5.48. The molecule has 2 heterocycles. The highest BCUT2D eigenvalue weighted by Gasteiger charge is 2.17. The van der Waals surface area contributed by atoms with Crippen molar-refractivity contribution < 1.29 is 19.1 Å². The topological polar surface area (TPSA) is 73.1 Å². The molecule has 0 atom stereocenters. The number of ether oxygens (including phenoxy) is 2. The van der Waals surface area contributed by atoms with Crippen molar-refractivity contribution in [3.8, 4) is 0 Å². The molecule has 118 valence electrons. The molecule has 22 heavy (non-hydrogen) atoms. The fourth-order valence-corrected chi connectivity index (χ4v) is 2.07. The minimum atomic E-state index is -0.347. The number of imidazole rings is 1. The number of carbonyl (C=O) groups excluding carboxylic acids is 2. The third-order valence-corrected chi connectivity index (χ3v) is 3.30. The molecule has 0 aromatic carbocycles. The lowest BCUT2D eigenvalue weighted by atomic mass is 10.2. The van der Waals surface area contributed by atoms with Gasteiger partial charge in [-0.2, -0.15) is 0 Å². The van der Waals surface area contributed by atoms with E-state index in [2.05, 4.69) is 9.72 Å². The van der Waals surface area contributed by atoms with Gasteiger partial charge in [0, 0.05) is 38.8 Å². The molecular weight excluding hydrogens is 286 g/mol. The van der Waals surface area contributed by atoms with E-state index in [0.717, 1.165) is 5.65 Å². The number of carbonyl (C=O) groups is 2. The third kappa shape index (κ3) is 3.82. The van der Waals surface area contributed by atoms with Crippen LogP contribution in [0.3, 0.4) is 0 Å². The first-order valence-electron chi connectivity index (χ1n) is 6.93. The molecule has 1 amide bonds. The normalized spacial score (nSPS) is 10.6. The van der Waals surface area contributed by atoms with Crippen LogP contribution in [0.25, 0.3) is 5.65 Å². The molecule has 7 nitrogen and oxygen atoms in total. The van der Waals surface area contributed by atoms with E-state index >= 15 is 0 Å². The summed E-state index contributed by atoms with van der Waals surface area (Å²) in [6, 6.07) is 3.50. The van der Waals surface area contributed by atoms with Gasteiger partial charge in [0.1, 0.15) is 5.65 Å². The van der Waals surface area contributed by atoms with Gasteiger partial charge in [0.05, 0.1) is 25.7 Å². The summed E-state index contributed by atoms with van der Waals surface area (Å²) < 4.78 is 11.4. The molecule has 0 aliphatic heterocycles. The maximum absolute atomic E-state index is 12.6. The third-order valence-electron chi connectivity index (χ3n) is 3.30. The number of hydrogen-bond acceptors (Lipinski definition) is 5. The van der Waals surface area contributed by atoms with Gasteiger partial charge in [-0.15, -0.1) is 0 Å². The van der Waals surface area contributed by atoms with Crippen molar-refractivity contribution in [2.24, 2.45) is 0 Å². The molecular formula is C15H19N3O4. The lowest BCUT2D eigenvalue weighted by Gasteiger charge is -2.22. The predicted octanol–water partition coefficient (Wildman–Crippen LogP) is 0.986. The lowest BCUT2D eigenvalue weighted by molar-refractivity contribution is -0.140. The summed E-state index contributed by atoms with van der Waals surface area (Å²) in [5.41, 5.74) is 1.31. The van der Waals surface area contributed by atoms with Gasteiger partial charge in [-0.05, 0) is 12.1 Å². The molecule has 2 aromatic rings. The van der Waals surface area contributed by atoms with Crippen LogP contribution in [0.5, 0.6) is 0 Å². The zero-order chi connectivity index (χ0) is 15.9. The van der Waals surface area contributed by atoms with Gasteiger partial charge in [0.15, 0.2) is 0 Å². The van der Waals surface area contributed by atoms with Gasteiger partial charge in [0.2, 0.25) is 0 Å². The maximum Gasteiger partial charge on any atom is 0.307 e. The van der Waals surface area contributed by atoms with E-state index < -0.39 is 0 Å². The summed E-state index contributed by atoms with van der Waals surface area (Å²) in [5, 5.41) is 0. The first-order chi connectivity index (χ1) is 10.7. The predicted molar refractivity (Wildman–Crippen MR) is 79.6 cm³/mol. The van der Waals surface area contributed by atoms with Crippen molar-refractivity contribution in [1.29, 1.82) is 0 Å². The number of methoxy groups -OCH3 is 2. The fourth-order valence-electron chi connectivity index (χ4n) is 2.07. The first kappa shape index (κ1) is 16.0. The van der Waals surface area contributed by atoms with Crippen molar-refractivity contribution in [3.05, 3.63) is 36.3 Å². The average molecular weight is 305 g/mol. The van der Waals surface area contributed by atoms with E-state index in [4.69, 9.17) is 4.74 Å². The molecule has 0 fully saturated rings. The van der Waals surface area contributed by atoms with Crippen molar-refractivity contribution in [3.63, 3.8) is 0 Å². The zero-order valence-electron chi connectivity index (χ0n) is 12.7. The SMILES string of the molecule is COCCN(CCC(=O)OC)C(=O)c1ccc2nccn2c1. The van der Waals surface area contributed by atoms with Crippen LogP contribution in [0.4, 0.5) is 0 Å². The highest BCUT2D eigenvalue weighted by Crippen LogP contribution is 2.09. The van der Waals surface area contributed by atoms with Crippen LogP contribution in [-0.4, -0.2) is 60.1 Å². The van der Waals surface area contributed by atoms with Crippen LogP contribution in [0.2, 0.25) is 0 Å². The van der Waals surface area contributed by atoms with Crippen LogP contribution in [0.1, 0.15) is 16.8 Å². The van der Waals surface area contributed by atoms with E-state index in [0.29, 0.717) is 18.7 Å². The molecule has 0 unspecified atom stereocenters. The number of pyridine rings is 1. The summed E-state index contributed by atoms with van der Waals surface area (Å²) in [4.78, 5) is 29.6. The molecule has 2 aromatic heterocycles. The average Bonchev–Trinajstić information content (AvgIpc) is 3.01. The Morgan fingerprint density at radius 2 is 2.09 bits per heavy atom. The summed E-state index contributed by atoms with van der Waals surface area (Å²) >= 11 is 0. The minimum absolute atomic E-state index is 0.152. The largest absolute Gasteiger partial charge is 0.469 e. The van der Waals surface area contributed by atoms with Crippen molar-refractivity contribution >= 4 is 17.5 Å². The van der Waals surface area contributed by atoms with Crippen LogP contribution < -0.4 is 0 Å². The quantitative estimate of drug-likeness (QED) is 0.713. The summed E-state index contributed by atoms with van der Waals surface area (Å²) in [5.74, 6) is -0.503. The number of aromatic nitrogens is 2. The standard InChI is InChI=1S/C15H19N3O4/c1-21-10-9-17(7-5-14(19)22-2)15(20)12-3-4-13-16-6-8-18(13)11-12/h3-4,6,8,11H,5,7,9-10H2,1-2H3. The highest BCUT2D eigenvalue weighted by molar-refractivity contribution is 5.94. The van der Waals surface area contributed by atoms with E-state index in [-0.39, 0.29) is 24.8 Å². The van der Waals surface area contributed by atoms with Gasteiger partial charge in [0.25, 0.3) is 5.91 Å². The zero-order valence-corrected chi connectivity index (χ0v) is 12.7. The van der Waals surface area contributed by atoms with Crippen LogP contribution in [0, 0.1) is 0 Å². The number of fused-ring (bicyclic) bond motifs is 1. The van der Waals surface area contributed by atoms with Gasteiger partial charge >= 0.3 is 5.97 Å². The minimum Gasteiger partial charge on any atom is -0.469 e. The van der Waals surface area contributed by atoms with Crippen molar-refractivity contribution in [1.82, 2.24) is 14.3 Å². The second kappa shape index (κ2) is 7.56. The molecule has 0 radical (unpaired) electrons.